The number of halogens is 1. The second kappa shape index (κ2) is 3.84. The molecule has 0 saturated heterocycles. The average molecular weight is 208 g/mol. The molecule has 0 aliphatic heterocycles. The van der Waals surface area contributed by atoms with Crippen molar-refractivity contribution in [2.24, 2.45) is 0 Å². The van der Waals surface area contributed by atoms with E-state index in [1.165, 1.54) is 0 Å². The summed E-state index contributed by atoms with van der Waals surface area (Å²) in [6, 6.07) is 9.83. The maximum absolute atomic E-state index is 5.74. The van der Waals surface area contributed by atoms with Gasteiger partial charge in [0, 0.05) is 17.3 Å². The van der Waals surface area contributed by atoms with Crippen molar-refractivity contribution < 1.29 is 4.74 Å². The van der Waals surface area contributed by atoms with E-state index in [0.717, 1.165) is 16.5 Å². The zero-order valence-corrected chi connectivity index (χ0v) is 8.58. The van der Waals surface area contributed by atoms with Crippen molar-refractivity contribution in [3.63, 3.8) is 0 Å². The molecule has 1 aromatic carbocycles. The lowest BCUT2D eigenvalue weighted by Gasteiger charge is -2.02. The van der Waals surface area contributed by atoms with E-state index in [2.05, 4.69) is 4.98 Å². The second-order valence-corrected chi connectivity index (χ2v) is 3.28. The summed E-state index contributed by atoms with van der Waals surface area (Å²) in [4.78, 5) is 4.32. The number of alkyl halides is 1. The molecule has 0 radical (unpaired) electrons. The van der Waals surface area contributed by atoms with Crippen molar-refractivity contribution in [1.82, 2.24) is 4.98 Å². The SMILES string of the molecule is COc1ccc2ccc(CCl)cc2n1. The maximum atomic E-state index is 5.74. The normalized spacial score (nSPS) is 10.4. The van der Waals surface area contributed by atoms with Gasteiger partial charge in [0.2, 0.25) is 5.88 Å². The van der Waals surface area contributed by atoms with Gasteiger partial charge in [0.1, 0.15) is 0 Å². The Morgan fingerprint density at radius 3 is 2.79 bits per heavy atom. The molecule has 0 saturated carbocycles. The van der Waals surface area contributed by atoms with Crippen LogP contribution >= 0.6 is 11.6 Å². The fourth-order valence-corrected chi connectivity index (χ4v) is 1.51. The molecular formula is C11H10ClNO. The monoisotopic (exact) mass is 207 g/mol. The average Bonchev–Trinajstić information content (AvgIpc) is 2.27. The Labute approximate surface area is 87.5 Å². The van der Waals surface area contributed by atoms with Crippen molar-refractivity contribution in [2.45, 2.75) is 5.88 Å². The number of ether oxygens (including phenoxy) is 1. The maximum Gasteiger partial charge on any atom is 0.213 e. The third-order valence-electron chi connectivity index (χ3n) is 2.09. The van der Waals surface area contributed by atoms with Gasteiger partial charge in [-0.2, -0.15) is 0 Å². The first-order valence-electron chi connectivity index (χ1n) is 4.33. The third-order valence-corrected chi connectivity index (χ3v) is 2.40. The van der Waals surface area contributed by atoms with Gasteiger partial charge in [-0.05, 0) is 17.7 Å². The van der Waals surface area contributed by atoms with Crippen LogP contribution in [-0.2, 0) is 5.88 Å². The molecule has 0 amide bonds. The molecule has 2 aromatic rings. The molecule has 0 aliphatic rings. The Hall–Kier alpha value is -1.28. The molecule has 0 unspecified atom stereocenters. The number of hydrogen-bond donors (Lipinski definition) is 0. The van der Waals surface area contributed by atoms with Gasteiger partial charge in [0.25, 0.3) is 0 Å². The van der Waals surface area contributed by atoms with Gasteiger partial charge in [-0.15, -0.1) is 11.6 Å². The van der Waals surface area contributed by atoms with Crippen LogP contribution in [0, 0.1) is 0 Å². The molecule has 0 spiro atoms. The van der Waals surface area contributed by atoms with E-state index in [-0.39, 0.29) is 0 Å². The first kappa shape index (κ1) is 9.28. The summed E-state index contributed by atoms with van der Waals surface area (Å²) in [6.07, 6.45) is 0. The number of aromatic nitrogens is 1. The number of fused-ring (bicyclic) bond motifs is 1. The van der Waals surface area contributed by atoms with Crippen molar-refractivity contribution in [1.29, 1.82) is 0 Å². The topological polar surface area (TPSA) is 22.1 Å². The molecule has 3 heteroatoms. The van der Waals surface area contributed by atoms with E-state index in [1.54, 1.807) is 7.11 Å². The first-order chi connectivity index (χ1) is 6.83. The van der Waals surface area contributed by atoms with Crippen LogP contribution in [-0.4, -0.2) is 12.1 Å². The van der Waals surface area contributed by atoms with Gasteiger partial charge >= 0.3 is 0 Å². The van der Waals surface area contributed by atoms with Crippen molar-refractivity contribution in [2.75, 3.05) is 7.11 Å². The predicted octanol–water partition coefficient (Wildman–Crippen LogP) is 2.98. The minimum atomic E-state index is 0.509. The smallest absolute Gasteiger partial charge is 0.213 e. The van der Waals surface area contributed by atoms with Crippen LogP contribution in [0.4, 0.5) is 0 Å². The molecule has 14 heavy (non-hydrogen) atoms. The van der Waals surface area contributed by atoms with Crippen molar-refractivity contribution in [3.8, 4) is 5.88 Å². The number of hydrogen-bond acceptors (Lipinski definition) is 2. The Balaban J connectivity index is 2.60. The molecule has 2 nitrogen and oxygen atoms in total. The highest BCUT2D eigenvalue weighted by molar-refractivity contribution is 6.17. The fraction of sp³-hybridized carbons (Fsp3) is 0.182. The lowest BCUT2D eigenvalue weighted by atomic mass is 10.1. The Kier molecular flexibility index (Phi) is 2.55. The summed E-state index contributed by atoms with van der Waals surface area (Å²) < 4.78 is 5.05. The predicted molar refractivity (Wildman–Crippen MR) is 57.9 cm³/mol. The molecule has 1 aromatic heterocycles. The van der Waals surface area contributed by atoms with Crippen molar-refractivity contribution >= 4 is 22.5 Å². The van der Waals surface area contributed by atoms with Gasteiger partial charge in [-0.1, -0.05) is 12.1 Å². The number of pyridine rings is 1. The zero-order valence-electron chi connectivity index (χ0n) is 7.83. The second-order valence-electron chi connectivity index (χ2n) is 3.01. The van der Waals surface area contributed by atoms with Gasteiger partial charge in [0.05, 0.1) is 12.6 Å². The molecule has 1 heterocycles. The molecule has 0 N–H and O–H groups in total. The van der Waals surface area contributed by atoms with Gasteiger partial charge in [-0.25, -0.2) is 4.98 Å². The molecular weight excluding hydrogens is 198 g/mol. The first-order valence-corrected chi connectivity index (χ1v) is 4.86. The molecule has 0 bridgehead atoms. The lowest BCUT2D eigenvalue weighted by Crippen LogP contribution is -1.88. The van der Waals surface area contributed by atoms with E-state index in [9.17, 15) is 0 Å². The number of benzene rings is 1. The minimum Gasteiger partial charge on any atom is -0.481 e. The summed E-state index contributed by atoms with van der Waals surface area (Å²) in [5.41, 5.74) is 1.99. The van der Waals surface area contributed by atoms with Crippen LogP contribution < -0.4 is 4.74 Å². The Bertz CT molecular complexity index is 417. The number of methoxy groups -OCH3 is 1. The molecule has 2 rings (SSSR count). The van der Waals surface area contributed by atoms with E-state index < -0.39 is 0 Å². The third kappa shape index (κ3) is 1.66. The van der Waals surface area contributed by atoms with Crippen molar-refractivity contribution in [3.05, 3.63) is 35.9 Å². The Morgan fingerprint density at radius 1 is 1.29 bits per heavy atom. The lowest BCUT2D eigenvalue weighted by molar-refractivity contribution is 0.399. The largest absolute Gasteiger partial charge is 0.481 e. The van der Waals surface area contributed by atoms with E-state index in [1.807, 2.05) is 30.3 Å². The fourth-order valence-electron chi connectivity index (χ4n) is 1.34. The van der Waals surface area contributed by atoms with Crippen LogP contribution in [0.2, 0.25) is 0 Å². The molecule has 0 fully saturated rings. The van der Waals surface area contributed by atoms with Crippen LogP contribution in [0.25, 0.3) is 10.9 Å². The van der Waals surface area contributed by atoms with Crippen LogP contribution in [0.1, 0.15) is 5.56 Å². The summed E-state index contributed by atoms with van der Waals surface area (Å²) >= 11 is 5.74. The van der Waals surface area contributed by atoms with Gasteiger partial charge in [0.15, 0.2) is 0 Å². The van der Waals surface area contributed by atoms with Gasteiger partial charge < -0.3 is 4.74 Å². The highest BCUT2D eigenvalue weighted by Gasteiger charge is 1.99. The minimum absolute atomic E-state index is 0.509. The molecule has 0 atom stereocenters. The zero-order chi connectivity index (χ0) is 9.97. The summed E-state index contributed by atoms with van der Waals surface area (Å²) in [7, 11) is 1.61. The van der Waals surface area contributed by atoms with E-state index >= 15 is 0 Å². The van der Waals surface area contributed by atoms with Gasteiger partial charge in [-0.3, -0.25) is 0 Å². The highest BCUT2D eigenvalue weighted by Crippen LogP contribution is 2.18. The number of rotatable bonds is 2. The van der Waals surface area contributed by atoms with E-state index in [0.29, 0.717) is 11.8 Å². The highest BCUT2D eigenvalue weighted by atomic mass is 35.5. The van der Waals surface area contributed by atoms with Crippen LogP contribution in [0.3, 0.4) is 0 Å². The quantitative estimate of drug-likeness (QED) is 0.707. The standard InChI is InChI=1S/C11H10ClNO/c1-14-11-5-4-9-3-2-8(7-12)6-10(9)13-11/h2-6H,7H2,1H3. The summed E-state index contributed by atoms with van der Waals surface area (Å²) in [5, 5.41) is 1.10. The summed E-state index contributed by atoms with van der Waals surface area (Å²) in [6.45, 7) is 0. The number of nitrogens with zero attached hydrogens (tertiary/aromatic N) is 1. The van der Waals surface area contributed by atoms with E-state index in [4.69, 9.17) is 16.3 Å². The van der Waals surface area contributed by atoms with Crippen LogP contribution in [0.15, 0.2) is 30.3 Å². The summed E-state index contributed by atoms with van der Waals surface area (Å²) in [5.74, 6) is 1.14. The van der Waals surface area contributed by atoms with Crippen LogP contribution in [0.5, 0.6) is 5.88 Å². The molecule has 0 aliphatic carbocycles. The molecule has 72 valence electrons. The Morgan fingerprint density at radius 2 is 2.07 bits per heavy atom.